The number of hydrogen-bond donors (Lipinski definition) is 1. The summed E-state index contributed by atoms with van der Waals surface area (Å²) in [5, 5.41) is 21.7. The molecule has 0 atom stereocenters. The summed E-state index contributed by atoms with van der Waals surface area (Å²) in [4.78, 5) is 16.0. The molecule has 19 heavy (non-hydrogen) atoms. The maximum absolute atomic E-state index is 11.3. The Kier molecular flexibility index (Phi) is 2.91. The van der Waals surface area contributed by atoms with E-state index in [1.807, 2.05) is 0 Å². The van der Waals surface area contributed by atoms with Gasteiger partial charge < -0.3 is 5.11 Å². The zero-order chi connectivity index (χ0) is 13.4. The third-order valence-electron chi connectivity index (χ3n) is 2.47. The molecule has 7 nitrogen and oxygen atoms in total. The van der Waals surface area contributed by atoms with E-state index in [4.69, 9.17) is 0 Å². The summed E-state index contributed by atoms with van der Waals surface area (Å²) in [5.74, 6) is -1.02. The van der Waals surface area contributed by atoms with Crippen molar-refractivity contribution < 1.29 is 9.90 Å². The molecule has 96 valence electrons. The van der Waals surface area contributed by atoms with Crippen LogP contribution in [0.1, 0.15) is 10.4 Å². The van der Waals surface area contributed by atoms with Gasteiger partial charge in [0.15, 0.2) is 9.99 Å². The van der Waals surface area contributed by atoms with Gasteiger partial charge in [0.05, 0.1) is 17.1 Å². The summed E-state index contributed by atoms with van der Waals surface area (Å²) in [7, 11) is 1.76. The molecule has 3 rings (SSSR count). The highest BCUT2D eigenvalue weighted by atomic mass is 32.2. The van der Waals surface area contributed by atoms with Gasteiger partial charge in [-0.25, -0.2) is 9.78 Å². The molecule has 0 aromatic carbocycles. The lowest BCUT2D eigenvalue weighted by atomic mass is 10.2. The fourth-order valence-electron chi connectivity index (χ4n) is 1.63. The van der Waals surface area contributed by atoms with Crippen LogP contribution < -0.4 is 0 Å². The summed E-state index contributed by atoms with van der Waals surface area (Å²) in [6.45, 7) is 0. The van der Waals surface area contributed by atoms with Gasteiger partial charge in [-0.1, -0.05) is 23.1 Å². The molecule has 9 heteroatoms. The maximum atomic E-state index is 11.3. The molecule has 3 heterocycles. The van der Waals surface area contributed by atoms with Crippen molar-refractivity contribution in [2.75, 3.05) is 0 Å². The Bertz CT molecular complexity index is 753. The minimum Gasteiger partial charge on any atom is -0.478 e. The van der Waals surface area contributed by atoms with Gasteiger partial charge in [-0.3, -0.25) is 4.68 Å². The fourth-order valence-corrected chi connectivity index (χ4v) is 3.25. The van der Waals surface area contributed by atoms with Gasteiger partial charge in [0.25, 0.3) is 0 Å². The number of rotatable bonds is 3. The van der Waals surface area contributed by atoms with Crippen LogP contribution >= 0.6 is 23.1 Å². The molecular weight excluding hydrogens is 286 g/mol. The summed E-state index contributed by atoms with van der Waals surface area (Å²) in [5.41, 5.74) is 2.38. The van der Waals surface area contributed by atoms with Gasteiger partial charge in [0.1, 0.15) is 5.51 Å². The van der Waals surface area contributed by atoms with Crippen LogP contribution in [0.5, 0.6) is 0 Å². The molecule has 0 bridgehead atoms. The number of fused-ring (bicyclic) bond motifs is 1. The summed E-state index contributed by atoms with van der Waals surface area (Å²) in [6, 6.07) is 0. The topological polar surface area (TPSA) is 93.8 Å². The van der Waals surface area contributed by atoms with Crippen LogP contribution in [0.4, 0.5) is 0 Å². The Morgan fingerprint density at radius 3 is 3.00 bits per heavy atom. The lowest BCUT2D eigenvalue weighted by Crippen LogP contribution is -2.01. The van der Waals surface area contributed by atoms with Crippen LogP contribution in [0.3, 0.4) is 0 Å². The predicted octanol–water partition coefficient (Wildman–Crippen LogP) is 1.67. The number of carbonyl (C=O) groups is 1. The van der Waals surface area contributed by atoms with Gasteiger partial charge in [-0.05, 0) is 0 Å². The number of pyridine rings is 1. The molecule has 3 aromatic heterocycles. The first-order valence-corrected chi connectivity index (χ1v) is 6.84. The Morgan fingerprint density at radius 1 is 1.47 bits per heavy atom. The van der Waals surface area contributed by atoms with Gasteiger partial charge in [0, 0.05) is 18.1 Å². The first-order valence-electron chi connectivity index (χ1n) is 5.15. The Balaban J connectivity index is 2.22. The van der Waals surface area contributed by atoms with Crippen LogP contribution in [0.15, 0.2) is 27.1 Å². The normalized spacial score (nSPS) is 11.0. The smallest absolute Gasteiger partial charge is 0.338 e. The maximum Gasteiger partial charge on any atom is 0.338 e. The molecule has 1 N–H and O–H groups in total. The number of hydrogen-bond acceptors (Lipinski definition) is 7. The van der Waals surface area contributed by atoms with E-state index in [2.05, 4.69) is 20.3 Å². The summed E-state index contributed by atoms with van der Waals surface area (Å²) < 4.78 is 2.28. The van der Waals surface area contributed by atoms with E-state index in [0.29, 0.717) is 20.3 Å². The van der Waals surface area contributed by atoms with E-state index < -0.39 is 5.97 Å². The largest absolute Gasteiger partial charge is 0.478 e. The molecule has 0 spiro atoms. The zero-order valence-electron chi connectivity index (χ0n) is 9.64. The van der Waals surface area contributed by atoms with Crippen LogP contribution in [0, 0.1) is 0 Å². The minimum absolute atomic E-state index is 0.140. The van der Waals surface area contributed by atoms with E-state index in [1.54, 1.807) is 23.4 Å². The second kappa shape index (κ2) is 4.59. The molecule has 0 saturated carbocycles. The molecule has 0 saturated heterocycles. The highest BCUT2D eigenvalue weighted by molar-refractivity contribution is 8.01. The van der Waals surface area contributed by atoms with E-state index in [9.17, 15) is 9.90 Å². The fraction of sp³-hybridized carbons (Fsp3) is 0.100. The number of nitrogens with zero attached hydrogens (tertiary/aromatic N) is 5. The molecule has 0 amide bonds. The van der Waals surface area contributed by atoms with Gasteiger partial charge in [-0.2, -0.15) is 5.10 Å². The second-order valence-corrected chi connectivity index (χ2v) is 5.71. The van der Waals surface area contributed by atoms with Crippen molar-refractivity contribution in [1.29, 1.82) is 0 Å². The highest BCUT2D eigenvalue weighted by Crippen LogP contribution is 2.35. The predicted molar refractivity (Wildman–Crippen MR) is 69.5 cm³/mol. The SMILES string of the molecule is Cn1ncc2c(Sc3nncs3)c(C(=O)O)cnc21. The molecule has 3 aromatic rings. The number of carboxylic acids is 1. The lowest BCUT2D eigenvalue weighted by Gasteiger charge is -2.04. The Morgan fingerprint density at radius 2 is 2.32 bits per heavy atom. The molecule has 0 aliphatic carbocycles. The Hall–Kier alpha value is -2.00. The van der Waals surface area contributed by atoms with Crippen molar-refractivity contribution in [3.8, 4) is 0 Å². The lowest BCUT2D eigenvalue weighted by molar-refractivity contribution is 0.0693. The van der Waals surface area contributed by atoms with Crippen LogP contribution in [0.25, 0.3) is 11.0 Å². The highest BCUT2D eigenvalue weighted by Gasteiger charge is 2.18. The monoisotopic (exact) mass is 293 g/mol. The standard InChI is InChI=1S/C10H7N5O2S2/c1-15-8-5(3-13-15)7(6(2-11-8)9(16)17)19-10-14-12-4-18-10/h2-4H,1H3,(H,16,17). The van der Waals surface area contributed by atoms with Crippen molar-refractivity contribution >= 4 is 40.1 Å². The van der Waals surface area contributed by atoms with Gasteiger partial charge in [-0.15, -0.1) is 10.2 Å². The molecular formula is C10H7N5O2S2. The van der Waals surface area contributed by atoms with Crippen molar-refractivity contribution in [2.24, 2.45) is 7.05 Å². The minimum atomic E-state index is -1.02. The number of aromatic nitrogens is 5. The average molecular weight is 293 g/mol. The number of aromatic carboxylic acids is 1. The van der Waals surface area contributed by atoms with Crippen LogP contribution in [-0.2, 0) is 7.05 Å². The first kappa shape index (κ1) is 12.1. The van der Waals surface area contributed by atoms with E-state index in [1.165, 1.54) is 29.3 Å². The zero-order valence-corrected chi connectivity index (χ0v) is 11.3. The first-order chi connectivity index (χ1) is 9.16. The van der Waals surface area contributed by atoms with Crippen molar-refractivity contribution in [1.82, 2.24) is 25.0 Å². The van der Waals surface area contributed by atoms with Crippen molar-refractivity contribution in [3.05, 3.63) is 23.5 Å². The molecule has 0 radical (unpaired) electrons. The van der Waals surface area contributed by atoms with E-state index in [0.717, 1.165) is 0 Å². The molecule has 0 aliphatic rings. The second-order valence-electron chi connectivity index (χ2n) is 3.62. The molecule has 0 aliphatic heterocycles. The summed E-state index contributed by atoms with van der Waals surface area (Å²) in [6.07, 6.45) is 2.95. The van der Waals surface area contributed by atoms with E-state index in [-0.39, 0.29) is 5.56 Å². The number of carboxylic acid groups (broad SMARTS) is 1. The number of aryl methyl sites for hydroxylation is 1. The Labute approximate surface area is 115 Å². The average Bonchev–Trinajstić information content (AvgIpc) is 3.00. The van der Waals surface area contributed by atoms with E-state index >= 15 is 0 Å². The molecule has 0 fully saturated rings. The van der Waals surface area contributed by atoms with Crippen molar-refractivity contribution in [2.45, 2.75) is 9.24 Å². The quantitative estimate of drug-likeness (QED) is 0.785. The third-order valence-corrected chi connectivity index (χ3v) is 4.39. The van der Waals surface area contributed by atoms with Crippen LogP contribution in [-0.4, -0.2) is 36.0 Å². The van der Waals surface area contributed by atoms with Crippen molar-refractivity contribution in [3.63, 3.8) is 0 Å². The van der Waals surface area contributed by atoms with Crippen LogP contribution in [0.2, 0.25) is 0 Å². The summed E-state index contributed by atoms with van der Waals surface area (Å²) >= 11 is 2.62. The van der Waals surface area contributed by atoms with Gasteiger partial charge >= 0.3 is 5.97 Å². The van der Waals surface area contributed by atoms with Gasteiger partial charge in [0.2, 0.25) is 0 Å². The molecule has 0 unspecified atom stereocenters. The third kappa shape index (κ3) is 2.06.